The average Bonchev–Trinajstić information content (AvgIpc) is 2.45. The van der Waals surface area contributed by atoms with Crippen molar-refractivity contribution in [2.75, 3.05) is 13.1 Å². The van der Waals surface area contributed by atoms with Crippen LogP contribution in [0, 0.1) is 0 Å². The molecule has 1 aliphatic rings. The second-order valence-corrected chi connectivity index (χ2v) is 7.06. The van der Waals surface area contributed by atoms with Gasteiger partial charge in [-0.2, -0.15) is 0 Å². The Hall–Kier alpha value is -1.69. The van der Waals surface area contributed by atoms with Crippen molar-refractivity contribution < 1.29 is 18.7 Å². The van der Waals surface area contributed by atoms with Crippen molar-refractivity contribution in [2.45, 2.75) is 44.9 Å². The molecule has 1 amide bonds. The summed E-state index contributed by atoms with van der Waals surface area (Å²) >= 11 is 6.05. The summed E-state index contributed by atoms with van der Waals surface area (Å²) < 4.78 is 20.5. The van der Waals surface area contributed by atoms with Crippen molar-refractivity contribution >= 4 is 24.0 Å². The van der Waals surface area contributed by atoms with Gasteiger partial charge in [0.15, 0.2) is 12.0 Å². The number of pyridine rings is 1. The van der Waals surface area contributed by atoms with Gasteiger partial charge in [-0.15, -0.1) is 0 Å². The van der Waals surface area contributed by atoms with Gasteiger partial charge in [0.1, 0.15) is 5.60 Å². The molecule has 0 radical (unpaired) electrons. The third kappa shape index (κ3) is 4.19. The largest absolute Gasteiger partial charge is 0.444 e. The number of rotatable bonds is 2. The Morgan fingerprint density at radius 2 is 2.04 bits per heavy atom. The Balaban J connectivity index is 2.08. The van der Waals surface area contributed by atoms with E-state index in [1.165, 1.54) is 17.2 Å². The Morgan fingerprint density at radius 3 is 2.52 bits per heavy atom. The Labute approximate surface area is 139 Å². The van der Waals surface area contributed by atoms with Gasteiger partial charge in [-0.25, -0.2) is 9.18 Å². The summed E-state index contributed by atoms with van der Waals surface area (Å²) in [6.45, 7) is 5.80. The number of piperidine rings is 1. The summed E-state index contributed by atoms with van der Waals surface area (Å²) in [6, 6.07) is 1.40. The molecule has 7 heteroatoms. The number of carbonyl (C=O) groups excluding carboxylic acids is 2. The number of aldehydes is 1. The molecule has 23 heavy (non-hydrogen) atoms. The number of likely N-dealkylation sites (tertiary alicyclic amines) is 1. The second kappa shape index (κ2) is 6.43. The molecule has 1 fully saturated rings. The van der Waals surface area contributed by atoms with Gasteiger partial charge >= 0.3 is 6.09 Å². The lowest BCUT2D eigenvalue weighted by Gasteiger charge is -2.37. The van der Waals surface area contributed by atoms with Crippen molar-refractivity contribution in [2.24, 2.45) is 0 Å². The molecule has 0 saturated carbocycles. The van der Waals surface area contributed by atoms with E-state index < -0.39 is 17.4 Å². The van der Waals surface area contributed by atoms with Gasteiger partial charge in [0.25, 0.3) is 0 Å². The molecule has 2 rings (SSSR count). The number of carbonyl (C=O) groups is 2. The molecule has 0 aromatic carbocycles. The Kier molecular flexibility index (Phi) is 4.94. The SMILES string of the molecule is CC(C)(C)OC(=O)N1CCC(F)(c2ncc(C=O)cc2Cl)CC1. The van der Waals surface area contributed by atoms with E-state index in [0.29, 0.717) is 11.8 Å². The number of nitrogens with zero attached hydrogens (tertiary/aromatic N) is 2. The van der Waals surface area contributed by atoms with Crippen LogP contribution in [0.5, 0.6) is 0 Å². The zero-order valence-corrected chi connectivity index (χ0v) is 14.2. The van der Waals surface area contributed by atoms with Crippen LogP contribution in [-0.2, 0) is 10.4 Å². The number of alkyl halides is 1. The van der Waals surface area contributed by atoms with Gasteiger partial charge in [-0.1, -0.05) is 11.6 Å². The summed E-state index contributed by atoms with van der Waals surface area (Å²) in [4.78, 5) is 28.2. The van der Waals surface area contributed by atoms with Crippen molar-refractivity contribution in [1.29, 1.82) is 0 Å². The monoisotopic (exact) mass is 342 g/mol. The van der Waals surface area contributed by atoms with Crippen LogP contribution < -0.4 is 0 Å². The normalized spacial score (nSPS) is 17.7. The highest BCUT2D eigenvalue weighted by atomic mass is 35.5. The minimum Gasteiger partial charge on any atom is -0.444 e. The van der Waals surface area contributed by atoms with Gasteiger partial charge in [0.05, 0.1) is 10.7 Å². The van der Waals surface area contributed by atoms with Crippen LogP contribution in [0.1, 0.15) is 49.7 Å². The third-order valence-corrected chi connectivity index (χ3v) is 3.92. The molecule has 0 atom stereocenters. The number of halogens is 2. The van der Waals surface area contributed by atoms with Gasteiger partial charge in [0, 0.05) is 37.7 Å². The first kappa shape index (κ1) is 17.7. The minimum atomic E-state index is -1.71. The van der Waals surface area contributed by atoms with Gasteiger partial charge in [-0.05, 0) is 26.8 Å². The number of aromatic nitrogens is 1. The van der Waals surface area contributed by atoms with Crippen LogP contribution in [0.15, 0.2) is 12.3 Å². The van der Waals surface area contributed by atoms with Crippen LogP contribution in [0.4, 0.5) is 9.18 Å². The molecule has 5 nitrogen and oxygen atoms in total. The first-order chi connectivity index (χ1) is 10.6. The molecule has 1 aliphatic heterocycles. The molecule has 0 spiro atoms. The van der Waals surface area contributed by atoms with Crippen LogP contribution in [-0.4, -0.2) is 41.0 Å². The van der Waals surface area contributed by atoms with E-state index in [1.807, 2.05) is 0 Å². The predicted molar refractivity (Wildman–Crippen MR) is 84.5 cm³/mol. The van der Waals surface area contributed by atoms with Crippen molar-refractivity contribution in [1.82, 2.24) is 9.88 Å². The first-order valence-electron chi connectivity index (χ1n) is 7.43. The molecule has 0 aliphatic carbocycles. The zero-order valence-electron chi connectivity index (χ0n) is 13.4. The maximum atomic E-state index is 15.2. The number of amides is 1. The van der Waals surface area contributed by atoms with E-state index in [2.05, 4.69) is 4.98 Å². The molecule has 0 unspecified atom stereocenters. The van der Waals surface area contributed by atoms with E-state index in [1.54, 1.807) is 20.8 Å². The Morgan fingerprint density at radius 1 is 1.43 bits per heavy atom. The molecule has 0 bridgehead atoms. The number of hydrogen-bond donors (Lipinski definition) is 0. The lowest BCUT2D eigenvalue weighted by atomic mass is 9.89. The molecule has 2 heterocycles. The molecule has 1 aromatic rings. The highest BCUT2D eigenvalue weighted by Crippen LogP contribution is 2.39. The summed E-state index contributed by atoms with van der Waals surface area (Å²) in [6.07, 6.45) is 1.63. The van der Waals surface area contributed by atoms with Crippen molar-refractivity contribution in [3.8, 4) is 0 Å². The van der Waals surface area contributed by atoms with Gasteiger partial charge in [0.2, 0.25) is 0 Å². The first-order valence-corrected chi connectivity index (χ1v) is 7.80. The fourth-order valence-corrected chi connectivity index (χ4v) is 2.80. The summed E-state index contributed by atoms with van der Waals surface area (Å²) in [5.74, 6) is 0. The maximum Gasteiger partial charge on any atom is 0.410 e. The zero-order chi connectivity index (χ0) is 17.3. The summed E-state index contributed by atoms with van der Waals surface area (Å²) in [5.41, 5.74) is -1.88. The molecule has 126 valence electrons. The van der Waals surface area contributed by atoms with Crippen LogP contribution in [0.25, 0.3) is 0 Å². The molecular formula is C16H20ClFN2O3. The quantitative estimate of drug-likeness (QED) is 0.768. The molecule has 1 saturated heterocycles. The van der Waals surface area contributed by atoms with Gasteiger partial charge in [-0.3, -0.25) is 9.78 Å². The van der Waals surface area contributed by atoms with E-state index in [0.717, 1.165) is 0 Å². The van der Waals surface area contributed by atoms with Crippen LogP contribution in [0.2, 0.25) is 5.02 Å². The fraction of sp³-hybridized carbons (Fsp3) is 0.562. The highest BCUT2D eigenvalue weighted by molar-refractivity contribution is 6.31. The molecule has 1 aromatic heterocycles. The standard InChI is InChI=1S/C16H20ClFN2O3/c1-15(2,3)23-14(22)20-6-4-16(18,5-7-20)13-12(17)8-11(10-21)9-19-13/h8-10H,4-7H2,1-3H3. The van der Waals surface area contributed by atoms with Crippen molar-refractivity contribution in [3.05, 3.63) is 28.5 Å². The maximum absolute atomic E-state index is 15.2. The topological polar surface area (TPSA) is 59.5 Å². The second-order valence-electron chi connectivity index (χ2n) is 6.65. The van der Waals surface area contributed by atoms with E-state index in [4.69, 9.17) is 16.3 Å². The molecular weight excluding hydrogens is 323 g/mol. The lowest BCUT2D eigenvalue weighted by molar-refractivity contribution is 0.00128. The number of hydrogen-bond acceptors (Lipinski definition) is 4. The van der Waals surface area contributed by atoms with Crippen molar-refractivity contribution in [3.63, 3.8) is 0 Å². The third-order valence-electron chi connectivity index (χ3n) is 3.63. The lowest BCUT2D eigenvalue weighted by Crippen LogP contribution is -2.45. The number of ether oxygens (including phenoxy) is 1. The molecule has 0 N–H and O–H groups in total. The predicted octanol–water partition coefficient (Wildman–Crippen LogP) is 3.74. The van der Waals surface area contributed by atoms with E-state index in [-0.39, 0.29) is 36.6 Å². The van der Waals surface area contributed by atoms with Gasteiger partial charge < -0.3 is 9.64 Å². The smallest absolute Gasteiger partial charge is 0.410 e. The summed E-state index contributed by atoms with van der Waals surface area (Å²) in [5, 5.41) is 0.128. The van der Waals surface area contributed by atoms with Crippen LogP contribution in [0.3, 0.4) is 0 Å². The fourth-order valence-electron chi connectivity index (χ4n) is 2.45. The summed E-state index contributed by atoms with van der Waals surface area (Å²) in [7, 11) is 0. The Bertz CT molecular complexity index is 608. The highest BCUT2D eigenvalue weighted by Gasteiger charge is 2.41. The minimum absolute atomic E-state index is 0.0827. The van der Waals surface area contributed by atoms with Crippen LogP contribution >= 0.6 is 11.6 Å². The van der Waals surface area contributed by atoms with E-state index in [9.17, 15) is 9.59 Å². The van der Waals surface area contributed by atoms with E-state index >= 15 is 4.39 Å². The average molecular weight is 343 g/mol.